The van der Waals surface area contributed by atoms with E-state index in [0.717, 1.165) is 11.3 Å². The first-order valence-corrected chi connectivity index (χ1v) is 6.36. The number of amides is 2. The van der Waals surface area contributed by atoms with Crippen LogP contribution in [0.4, 0.5) is 4.79 Å². The van der Waals surface area contributed by atoms with Crippen LogP contribution in [0.15, 0.2) is 24.3 Å². The Hall–Kier alpha value is -2.24. The minimum atomic E-state index is -1.01. The van der Waals surface area contributed by atoms with Crippen LogP contribution in [0.5, 0.6) is 5.75 Å². The zero-order chi connectivity index (χ0) is 15.1. The third-order valence-corrected chi connectivity index (χ3v) is 3.06. The van der Waals surface area contributed by atoms with E-state index in [1.54, 1.807) is 26.2 Å². The lowest BCUT2D eigenvalue weighted by molar-refractivity contribution is -0.141. The second-order valence-corrected chi connectivity index (χ2v) is 4.38. The summed E-state index contributed by atoms with van der Waals surface area (Å²) < 4.78 is 5.04. The Labute approximate surface area is 118 Å². The van der Waals surface area contributed by atoms with E-state index >= 15 is 0 Å². The van der Waals surface area contributed by atoms with Crippen molar-refractivity contribution in [3.05, 3.63) is 29.8 Å². The number of aliphatic carboxylic acids is 1. The van der Waals surface area contributed by atoms with E-state index in [-0.39, 0.29) is 0 Å². The highest BCUT2D eigenvalue weighted by atomic mass is 16.5. The van der Waals surface area contributed by atoms with E-state index in [0.29, 0.717) is 13.0 Å². The van der Waals surface area contributed by atoms with Gasteiger partial charge in [-0.2, -0.15) is 0 Å². The van der Waals surface area contributed by atoms with Gasteiger partial charge >= 0.3 is 12.0 Å². The van der Waals surface area contributed by atoms with Crippen LogP contribution in [0.1, 0.15) is 18.9 Å². The van der Waals surface area contributed by atoms with Crippen LogP contribution in [0.3, 0.4) is 0 Å². The molecule has 0 bridgehead atoms. The van der Waals surface area contributed by atoms with Crippen LogP contribution >= 0.6 is 0 Å². The maximum Gasteiger partial charge on any atom is 0.326 e. The highest BCUT2D eigenvalue weighted by molar-refractivity contribution is 5.82. The molecule has 0 heterocycles. The van der Waals surface area contributed by atoms with E-state index in [4.69, 9.17) is 9.84 Å². The molecule has 1 aromatic rings. The summed E-state index contributed by atoms with van der Waals surface area (Å²) in [5.74, 6) is -0.260. The van der Waals surface area contributed by atoms with Crippen molar-refractivity contribution in [1.29, 1.82) is 0 Å². The number of hydrogen-bond acceptors (Lipinski definition) is 3. The summed E-state index contributed by atoms with van der Waals surface area (Å²) in [6.07, 6.45) is 0.363. The number of nitrogens with zero attached hydrogens (tertiary/aromatic N) is 1. The Morgan fingerprint density at radius 2 is 1.95 bits per heavy atom. The monoisotopic (exact) mass is 280 g/mol. The average molecular weight is 280 g/mol. The Morgan fingerprint density at radius 1 is 1.35 bits per heavy atom. The normalized spacial score (nSPS) is 11.6. The number of carbonyl (C=O) groups is 2. The van der Waals surface area contributed by atoms with Gasteiger partial charge in [0.15, 0.2) is 0 Å². The first-order chi connectivity index (χ1) is 9.49. The molecule has 110 valence electrons. The summed E-state index contributed by atoms with van der Waals surface area (Å²) in [6, 6.07) is 6.07. The molecule has 0 aromatic heterocycles. The maximum absolute atomic E-state index is 11.9. The summed E-state index contributed by atoms with van der Waals surface area (Å²) >= 11 is 0. The number of nitrogens with one attached hydrogen (secondary N) is 1. The van der Waals surface area contributed by atoms with Gasteiger partial charge in [-0.25, -0.2) is 9.59 Å². The van der Waals surface area contributed by atoms with E-state index in [1.165, 1.54) is 11.9 Å². The second kappa shape index (κ2) is 7.37. The minimum absolute atomic E-state index is 0.337. The van der Waals surface area contributed by atoms with Gasteiger partial charge in [-0.05, 0) is 24.1 Å². The first kappa shape index (κ1) is 15.8. The largest absolute Gasteiger partial charge is 0.497 e. The predicted molar refractivity (Wildman–Crippen MR) is 74.7 cm³/mol. The van der Waals surface area contributed by atoms with Gasteiger partial charge < -0.3 is 20.1 Å². The van der Waals surface area contributed by atoms with Crippen molar-refractivity contribution in [2.45, 2.75) is 25.9 Å². The Kier molecular flexibility index (Phi) is 5.83. The van der Waals surface area contributed by atoms with Crippen LogP contribution in [0, 0.1) is 0 Å². The fraction of sp³-hybridized carbons (Fsp3) is 0.429. The number of carboxylic acid groups (broad SMARTS) is 1. The number of carbonyl (C=O) groups excluding carboxylic acids is 1. The number of benzene rings is 1. The molecule has 1 aromatic carbocycles. The molecule has 6 heteroatoms. The smallest absolute Gasteiger partial charge is 0.326 e. The number of ether oxygens (including phenoxy) is 1. The molecule has 0 spiro atoms. The third-order valence-electron chi connectivity index (χ3n) is 3.06. The molecule has 0 aliphatic carbocycles. The molecule has 0 saturated carbocycles. The molecule has 0 radical (unpaired) electrons. The lowest BCUT2D eigenvalue weighted by Gasteiger charge is -2.24. The molecule has 2 amide bonds. The average Bonchev–Trinajstić information content (AvgIpc) is 2.45. The first-order valence-electron chi connectivity index (χ1n) is 6.36. The Bertz CT molecular complexity index is 459. The van der Waals surface area contributed by atoms with Gasteiger partial charge in [0.1, 0.15) is 11.8 Å². The Balaban J connectivity index is 2.55. The highest BCUT2D eigenvalue weighted by Gasteiger charge is 2.24. The number of methoxy groups -OCH3 is 1. The van der Waals surface area contributed by atoms with Crippen molar-refractivity contribution in [1.82, 2.24) is 10.2 Å². The molecule has 0 aliphatic rings. The van der Waals surface area contributed by atoms with Crippen LogP contribution in [0.25, 0.3) is 0 Å². The fourth-order valence-corrected chi connectivity index (χ4v) is 1.80. The molecule has 2 N–H and O–H groups in total. The molecule has 1 rings (SSSR count). The quantitative estimate of drug-likeness (QED) is 0.831. The number of hydrogen-bond donors (Lipinski definition) is 2. The van der Waals surface area contributed by atoms with Crippen molar-refractivity contribution in [3.63, 3.8) is 0 Å². The molecular weight excluding hydrogens is 260 g/mol. The van der Waals surface area contributed by atoms with Crippen LogP contribution in [-0.2, 0) is 11.3 Å². The van der Waals surface area contributed by atoms with Gasteiger partial charge in [0.05, 0.1) is 7.11 Å². The lowest BCUT2D eigenvalue weighted by Crippen LogP contribution is -2.46. The minimum Gasteiger partial charge on any atom is -0.497 e. The SMILES string of the molecule is CCC(C(=O)O)N(C)C(=O)NCc1ccc(OC)cc1. The summed E-state index contributed by atoms with van der Waals surface area (Å²) in [5.41, 5.74) is 0.913. The molecule has 1 atom stereocenters. The maximum atomic E-state index is 11.9. The zero-order valence-electron chi connectivity index (χ0n) is 11.9. The standard InChI is InChI=1S/C14H20N2O4/c1-4-12(13(17)18)16(2)14(19)15-9-10-5-7-11(20-3)8-6-10/h5-8,12H,4,9H2,1-3H3,(H,15,19)(H,17,18). The predicted octanol–water partition coefficient (Wildman–Crippen LogP) is 1.70. The van der Waals surface area contributed by atoms with Crippen LogP contribution in [0.2, 0.25) is 0 Å². The number of rotatable bonds is 6. The lowest BCUT2D eigenvalue weighted by atomic mass is 10.2. The highest BCUT2D eigenvalue weighted by Crippen LogP contribution is 2.11. The van der Waals surface area contributed by atoms with Crippen LogP contribution in [-0.4, -0.2) is 42.2 Å². The summed E-state index contributed by atoms with van der Waals surface area (Å²) in [7, 11) is 3.06. The van der Waals surface area contributed by atoms with E-state index < -0.39 is 18.0 Å². The molecule has 20 heavy (non-hydrogen) atoms. The number of urea groups is 1. The number of likely N-dealkylation sites (N-methyl/N-ethyl adjacent to an activating group) is 1. The van der Waals surface area contributed by atoms with E-state index in [9.17, 15) is 9.59 Å². The van der Waals surface area contributed by atoms with Gasteiger partial charge in [0, 0.05) is 13.6 Å². The van der Waals surface area contributed by atoms with Crippen molar-refractivity contribution < 1.29 is 19.4 Å². The van der Waals surface area contributed by atoms with E-state index in [2.05, 4.69) is 5.32 Å². The van der Waals surface area contributed by atoms with Gasteiger partial charge in [0.25, 0.3) is 0 Å². The van der Waals surface area contributed by atoms with Gasteiger partial charge in [-0.15, -0.1) is 0 Å². The van der Waals surface area contributed by atoms with Gasteiger partial charge in [0.2, 0.25) is 0 Å². The van der Waals surface area contributed by atoms with Crippen LogP contribution < -0.4 is 10.1 Å². The van der Waals surface area contributed by atoms with Gasteiger partial charge in [-0.3, -0.25) is 0 Å². The van der Waals surface area contributed by atoms with Crippen molar-refractivity contribution in [2.24, 2.45) is 0 Å². The number of carboxylic acids is 1. The molecule has 1 unspecified atom stereocenters. The zero-order valence-corrected chi connectivity index (χ0v) is 11.9. The molecule has 0 fully saturated rings. The van der Waals surface area contributed by atoms with Crippen molar-refractivity contribution >= 4 is 12.0 Å². The summed E-state index contributed by atoms with van der Waals surface area (Å²) in [4.78, 5) is 24.1. The van der Waals surface area contributed by atoms with Crippen molar-refractivity contribution in [3.8, 4) is 5.75 Å². The molecule has 0 saturated heterocycles. The summed E-state index contributed by atoms with van der Waals surface area (Å²) in [6.45, 7) is 2.06. The topological polar surface area (TPSA) is 78.9 Å². The molecule has 0 aliphatic heterocycles. The third kappa shape index (κ3) is 4.15. The summed E-state index contributed by atoms with van der Waals surface area (Å²) in [5, 5.41) is 11.7. The fourth-order valence-electron chi connectivity index (χ4n) is 1.80. The van der Waals surface area contributed by atoms with Crippen molar-refractivity contribution in [2.75, 3.05) is 14.2 Å². The van der Waals surface area contributed by atoms with E-state index in [1.807, 2.05) is 12.1 Å². The molecular formula is C14H20N2O4. The molecule has 6 nitrogen and oxygen atoms in total. The second-order valence-electron chi connectivity index (χ2n) is 4.38. The van der Waals surface area contributed by atoms with Gasteiger partial charge in [-0.1, -0.05) is 19.1 Å². The Morgan fingerprint density at radius 3 is 2.40 bits per heavy atom.